The molecule has 18 heavy (non-hydrogen) atoms. The monoisotopic (exact) mass is 252 g/mol. The molecule has 5 nitrogen and oxygen atoms in total. The van der Waals surface area contributed by atoms with Crippen molar-refractivity contribution in [1.29, 1.82) is 0 Å². The van der Waals surface area contributed by atoms with Gasteiger partial charge in [0.25, 0.3) is 0 Å². The van der Waals surface area contributed by atoms with Gasteiger partial charge in [0.05, 0.1) is 5.69 Å². The van der Waals surface area contributed by atoms with Crippen LogP contribution in [-0.2, 0) is 11.3 Å². The van der Waals surface area contributed by atoms with Crippen LogP contribution in [0.3, 0.4) is 0 Å². The highest BCUT2D eigenvalue weighted by atomic mass is 16.1. The number of hydrogen-bond acceptors (Lipinski definition) is 3. The standard InChI is InChI=1S/C13H24N4O/c1-5-10(2)17-7-6-11(16-17)9-15-13(3,4)8-12(14)18/h6-7,10,15H,5,8-9H2,1-4H3,(H2,14,18). The number of carbonyl (C=O) groups excluding carboxylic acids is 1. The van der Waals surface area contributed by atoms with Crippen molar-refractivity contribution in [3.05, 3.63) is 18.0 Å². The van der Waals surface area contributed by atoms with Crippen molar-refractivity contribution in [2.75, 3.05) is 0 Å². The summed E-state index contributed by atoms with van der Waals surface area (Å²) in [7, 11) is 0. The summed E-state index contributed by atoms with van der Waals surface area (Å²) in [5, 5.41) is 7.80. The predicted molar refractivity (Wildman–Crippen MR) is 72.0 cm³/mol. The average molecular weight is 252 g/mol. The Kier molecular flexibility index (Phi) is 4.90. The number of carbonyl (C=O) groups is 1. The maximum atomic E-state index is 10.9. The molecule has 5 heteroatoms. The number of rotatable bonds is 7. The molecule has 1 aromatic rings. The van der Waals surface area contributed by atoms with E-state index in [4.69, 9.17) is 5.73 Å². The number of primary amides is 1. The summed E-state index contributed by atoms with van der Waals surface area (Å²) < 4.78 is 1.97. The fourth-order valence-electron chi connectivity index (χ4n) is 1.73. The highest BCUT2D eigenvalue weighted by Crippen LogP contribution is 2.11. The van der Waals surface area contributed by atoms with Crippen LogP contribution in [0, 0.1) is 0 Å². The molecule has 0 aliphatic heterocycles. The molecule has 0 spiro atoms. The lowest BCUT2D eigenvalue weighted by Crippen LogP contribution is -2.42. The molecule has 0 saturated carbocycles. The average Bonchev–Trinajstić information content (AvgIpc) is 2.72. The largest absolute Gasteiger partial charge is 0.370 e. The summed E-state index contributed by atoms with van der Waals surface area (Å²) in [6.45, 7) is 8.85. The van der Waals surface area contributed by atoms with Gasteiger partial charge >= 0.3 is 0 Å². The van der Waals surface area contributed by atoms with Crippen molar-refractivity contribution in [1.82, 2.24) is 15.1 Å². The normalized spacial score (nSPS) is 13.6. The summed E-state index contributed by atoms with van der Waals surface area (Å²) in [6.07, 6.45) is 3.37. The highest BCUT2D eigenvalue weighted by Gasteiger charge is 2.20. The third kappa shape index (κ3) is 4.49. The SMILES string of the molecule is CCC(C)n1ccc(CNC(C)(C)CC(N)=O)n1. The zero-order chi connectivity index (χ0) is 13.8. The molecule has 1 heterocycles. The second kappa shape index (κ2) is 6.00. The van der Waals surface area contributed by atoms with E-state index in [0.717, 1.165) is 12.1 Å². The molecule has 0 aromatic carbocycles. The van der Waals surface area contributed by atoms with Gasteiger partial charge in [-0.25, -0.2) is 0 Å². The zero-order valence-electron chi connectivity index (χ0n) is 11.7. The van der Waals surface area contributed by atoms with Gasteiger partial charge < -0.3 is 11.1 Å². The Balaban J connectivity index is 2.53. The molecule has 1 amide bonds. The number of nitrogens with one attached hydrogen (secondary N) is 1. The molecule has 0 bridgehead atoms. The quantitative estimate of drug-likeness (QED) is 0.774. The van der Waals surface area contributed by atoms with E-state index in [2.05, 4.69) is 24.3 Å². The van der Waals surface area contributed by atoms with Crippen molar-refractivity contribution in [3.8, 4) is 0 Å². The van der Waals surface area contributed by atoms with E-state index in [-0.39, 0.29) is 11.4 Å². The third-order valence-corrected chi connectivity index (χ3v) is 3.07. The summed E-state index contributed by atoms with van der Waals surface area (Å²) in [5.74, 6) is -0.294. The van der Waals surface area contributed by atoms with Crippen LogP contribution in [0.2, 0.25) is 0 Å². The van der Waals surface area contributed by atoms with Gasteiger partial charge in [-0.15, -0.1) is 0 Å². The lowest BCUT2D eigenvalue weighted by molar-refractivity contribution is -0.119. The van der Waals surface area contributed by atoms with Gasteiger partial charge in [0.15, 0.2) is 0 Å². The lowest BCUT2D eigenvalue weighted by atomic mass is 10.0. The molecule has 1 aromatic heterocycles. The van der Waals surface area contributed by atoms with Gasteiger partial charge in [-0.3, -0.25) is 9.48 Å². The van der Waals surface area contributed by atoms with Crippen LogP contribution in [-0.4, -0.2) is 21.2 Å². The van der Waals surface area contributed by atoms with Crippen molar-refractivity contribution in [3.63, 3.8) is 0 Å². The minimum absolute atomic E-state index is 0.294. The zero-order valence-corrected chi connectivity index (χ0v) is 11.7. The van der Waals surface area contributed by atoms with E-state index < -0.39 is 0 Å². The summed E-state index contributed by atoms with van der Waals surface area (Å²) in [6, 6.07) is 2.41. The number of nitrogens with zero attached hydrogens (tertiary/aromatic N) is 2. The lowest BCUT2D eigenvalue weighted by Gasteiger charge is -2.24. The van der Waals surface area contributed by atoms with Gasteiger partial charge in [-0.1, -0.05) is 6.92 Å². The van der Waals surface area contributed by atoms with Crippen LogP contribution >= 0.6 is 0 Å². The topological polar surface area (TPSA) is 72.9 Å². The second-order valence-corrected chi connectivity index (χ2v) is 5.42. The summed E-state index contributed by atoms with van der Waals surface area (Å²) in [4.78, 5) is 10.9. The van der Waals surface area contributed by atoms with Gasteiger partial charge in [-0.2, -0.15) is 5.10 Å². The van der Waals surface area contributed by atoms with E-state index >= 15 is 0 Å². The Hall–Kier alpha value is -1.36. The van der Waals surface area contributed by atoms with Crippen molar-refractivity contribution < 1.29 is 4.79 Å². The van der Waals surface area contributed by atoms with E-state index in [1.165, 1.54) is 0 Å². The fourth-order valence-corrected chi connectivity index (χ4v) is 1.73. The van der Waals surface area contributed by atoms with Crippen molar-refractivity contribution in [2.45, 2.75) is 58.7 Å². The first-order valence-electron chi connectivity index (χ1n) is 6.41. The minimum atomic E-state index is -0.300. The van der Waals surface area contributed by atoms with Gasteiger partial charge in [0, 0.05) is 30.7 Å². The molecular weight excluding hydrogens is 228 g/mol. The first-order chi connectivity index (χ1) is 8.34. The van der Waals surface area contributed by atoms with Crippen LogP contribution in [0.15, 0.2) is 12.3 Å². The van der Waals surface area contributed by atoms with E-state index in [1.54, 1.807) is 0 Å². The molecule has 0 aliphatic carbocycles. The maximum Gasteiger partial charge on any atom is 0.219 e. The van der Waals surface area contributed by atoms with Crippen LogP contribution in [0.4, 0.5) is 0 Å². The Morgan fingerprint density at radius 2 is 2.28 bits per heavy atom. The molecule has 1 atom stereocenters. The molecule has 0 fully saturated rings. The van der Waals surface area contributed by atoms with Crippen LogP contribution < -0.4 is 11.1 Å². The van der Waals surface area contributed by atoms with E-state index in [1.807, 2.05) is 30.8 Å². The maximum absolute atomic E-state index is 10.9. The molecule has 0 saturated heterocycles. The highest BCUT2D eigenvalue weighted by molar-refractivity contribution is 5.74. The molecule has 1 unspecified atom stereocenters. The Morgan fingerprint density at radius 3 is 2.83 bits per heavy atom. The third-order valence-electron chi connectivity index (χ3n) is 3.07. The Morgan fingerprint density at radius 1 is 1.61 bits per heavy atom. The molecule has 3 N–H and O–H groups in total. The smallest absolute Gasteiger partial charge is 0.219 e. The van der Waals surface area contributed by atoms with Crippen molar-refractivity contribution >= 4 is 5.91 Å². The Bertz CT molecular complexity index is 397. The molecule has 0 radical (unpaired) electrons. The number of nitrogens with two attached hydrogens (primary N) is 1. The van der Waals surface area contributed by atoms with Crippen molar-refractivity contribution in [2.24, 2.45) is 5.73 Å². The van der Waals surface area contributed by atoms with Gasteiger partial charge in [-0.05, 0) is 33.3 Å². The first-order valence-corrected chi connectivity index (χ1v) is 6.41. The van der Waals surface area contributed by atoms with E-state index in [0.29, 0.717) is 19.0 Å². The predicted octanol–water partition coefficient (Wildman–Crippen LogP) is 1.60. The molecule has 0 aliphatic rings. The van der Waals surface area contributed by atoms with Crippen LogP contribution in [0.5, 0.6) is 0 Å². The fraction of sp³-hybridized carbons (Fsp3) is 0.692. The number of hydrogen-bond donors (Lipinski definition) is 2. The summed E-state index contributed by atoms with van der Waals surface area (Å²) in [5.41, 5.74) is 5.89. The number of aromatic nitrogens is 2. The second-order valence-electron chi connectivity index (χ2n) is 5.42. The summed E-state index contributed by atoms with van der Waals surface area (Å²) >= 11 is 0. The molecular formula is C13H24N4O. The molecule has 102 valence electrons. The molecule has 1 rings (SSSR count). The van der Waals surface area contributed by atoms with E-state index in [9.17, 15) is 4.79 Å². The van der Waals surface area contributed by atoms with Gasteiger partial charge in [0.1, 0.15) is 0 Å². The number of amides is 1. The Labute approximate surface area is 109 Å². The van der Waals surface area contributed by atoms with Gasteiger partial charge in [0.2, 0.25) is 5.91 Å². The van der Waals surface area contributed by atoms with Crippen LogP contribution in [0.25, 0.3) is 0 Å². The minimum Gasteiger partial charge on any atom is -0.370 e. The first kappa shape index (κ1) is 14.7. The van der Waals surface area contributed by atoms with Crippen LogP contribution in [0.1, 0.15) is 52.3 Å².